The normalized spacial score (nSPS) is 17.7. The summed E-state index contributed by atoms with van der Waals surface area (Å²) in [6, 6.07) is 10.7. The zero-order valence-corrected chi connectivity index (χ0v) is 19.0. The van der Waals surface area contributed by atoms with Gasteiger partial charge in [0.25, 0.3) is 11.7 Å². The highest BCUT2D eigenvalue weighted by Crippen LogP contribution is 2.44. The highest BCUT2D eigenvalue weighted by atomic mass is 35.5. The van der Waals surface area contributed by atoms with Crippen LogP contribution < -0.4 is 14.4 Å². The average Bonchev–Trinajstić information content (AvgIpc) is 3.33. The molecule has 1 unspecified atom stereocenters. The second-order valence-electron chi connectivity index (χ2n) is 7.51. The maximum atomic E-state index is 13.1. The van der Waals surface area contributed by atoms with E-state index in [2.05, 4.69) is 4.74 Å². The predicted molar refractivity (Wildman–Crippen MR) is 119 cm³/mol. The third-order valence-corrected chi connectivity index (χ3v) is 5.54. The Morgan fingerprint density at radius 1 is 1.11 bits per heavy atom. The molecular formula is C24H17ClF3NO6. The summed E-state index contributed by atoms with van der Waals surface area (Å²) in [4.78, 5) is 27.2. The van der Waals surface area contributed by atoms with Crippen molar-refractivity contribution in [3.05, 3.63) is 82.3 Å². The number of furan rings is 1. The van der Waals surface area contributed by atoms with Crippen LogP contribution in [0.25, 0.3) is 5.76 Å². The van der Waals surface area contributed by atoms with Crippen molar-refractivity contribution in [2.75, 3.05) is 12.0 Å². The molecule has 2 aromatic carbocycles. The number of aliphatic hydroxyl groups excluding tert-OH is 1. The standard InChI is InChI=1S/C24H17ClF3NO6/c1-12-6-9-17(34-12)20-19(21(30)13-7-8-16(25)18(10-13)33-2)22(31)23(32)29(20)14-4-3-5-15(11-14)35-24(26,27)28/h3-11,20,30H,1-2H3/b21-19-. The number of aryl methyl sites for hydroxylation is 1. The lowest BCUT2D eigenvalue weighted by Gasteiger charge is -2.24. The van der Waals surface area contributed by atoms with Gasteiger partial charge in [0.15, 0.2) is 0 Å². The fourth-order valence-corrected chi connectivity index (χ4v) is 3.96. The monoisotopic (exact) mass is 507 g/mol. The van der Waals surface area contributed by atoms with Crippen molar-refractivity contribution >= 4 is 34.7 Å². The molecule has 4 rings (SSSR count). The quantitative estimate of drug-likeness (QED) is 0.268. The summed E-state index contributed by atoms with van der Waals surface area (Å²) in [7, 11) is 1.37. The molecule has 0 bridgehead atoms. The number of aliphatic hydroxyl groups is 1. The molecule has 1 aromatic heterocycles. The maximum absolute atomic E-state index is 13.1. The number of hydrogen-bond donors (Lipinski definition) is 1. The molecule has 1 aliphatic heterocycles. The van der Waals surface area contributed by atoms with Gasteiger partial charge in [-0.2, -0.15) is 0 Å². The second-order valence-corrected chi connectivity index (χ2v) is 7.92. The van der Waals surface area contributed by atoms with Gasteiger partial charge in [0, 0.05) is 17.3 Å². The molecule has 182 valence electrons. The van der Waals surface area contributed by atoms with Gasteiger partial charge in [0.2, 0.25) is 0 Å². The minimum atomic E-state index is -4.96. The molecule has 0 saturated carbocycles. The number of methoxy groups -OCH3 is 1. The number of amides is 1. The van der Waals surface area contributed by atoms with Gasteiger partial charge in [-0.3, -0.25) is 14.5 Å². The third-order valence-electron chi connectivity index (χ3n) is 5.23. The van der Waals surface area contributed by atoms with Crippen molar-refractivity contribution in [1.82, 2.24) is 0 Å². The first-order valence-electron chi connectivity index (χ1n) is 10.1. The van der Waals surface area contributed by atoms with Gasteiger partial charge < -0.3 is 19.0 Å². The summed E-state index contributed by atoms with van der Waals surface area (Å²) in [5.74, 6) is -2.48. The van der Waals surface area contributed by atoms with Crippen LogP contribution in [0.3, 0.4) is 0 Å². The smallest absolute Gasteiger partial charge is 0.507 e. The minimum absolute atomic E-state index is 0.0689. The molecule has 1 saturated heterocycles. The lowest BCUT2D eigenvalue weighted by atomic mass is 9.99. The fraction of sp³-hybridized carbons (Fsp3) is 0.167. The molecule has 7 nitrogen and oxygen atoms in total. The fourth-order valence-electron chi connectivity index (χ4n) is 3.76. The summed E-state index contributed by atoms with van der Waals surface area (Å²) < 4.78 is 53.0. The zero-order valence-electron chi connectivity index (χ0n) is 18.2. The van der Waals surface area contributed by atoms with Crippen molar-refractivity contribution in [1.29, 1.82) is 0 Å². The summed E-state index contributed by atoms with van der Waals surface area (Å²) in [6.45, 7) is 1.64. The van der Waals surface area contributed by atoms with Gasteiger partial charge in [-0.25, -0.2) is 0 Å². The molecular weight excluding hydrogens is 491 g/mol. The number of benzene rings is 2. The van der Waals surface area contributed by atoms with Crippen LogP contribution in [0.1, 0.15) is 23.1 Å². The van der Waals surface area contributed by atoms with Crippen LogP contribution >= 0.6 is 11.6 Å². The molecule has 0 aliphatic carbocycles. The maximum Gasteiger partial charge on any atom is 0.573 e. The zero-order chi connectivity index (χ0) is 25.5. The summed E-state index contributed by atoms with van der Waals surface area (Å²) in [5.41, 5.74) is -0.261. The largest absolute Gasteiger partial charge is 0.573 e. The molecule has 1 atom stereocenters. The Morgan fingerprint density at radius 2 is 1.86 bits per heavy atom. The lowest BCUT2D eigenvalue weighted by Crippen LogP contribution is -2.29. The van der Waals surface area contributed by atoms with Crippen LogP contribution in [0.2, 0.25) is 5.02 Å². The first-order chi connectivity index (χ1) is 16.5. The molecule has 1 N–H and O–H groups in total. The van der Waals surface area contributed by atoms with Crippen molar-refractivity contribution < 1.29 is 41.8 Å². The highest BCUT2D eigenvalue weighted by Gasteiger charge is 2.48. The molecule has 3 aromatic rings. The van der Waals surface area contributed by atoms with Gasteiger partial charge in [-0.1, -0.05) is 17.7 Å². The Balaban J connectivity index is 1.89. The number of alkyl halides is 3. The molecule has 1 aliphatic rings. The first-order valence-corrected chi connectivity index (χ1v) is 10.4. The number of hydrogen-bond acceptors (Lipinski definition) is 6. The Hall–Kier alpha value is -3.92. The van der Waals surface area contributed by atoms with E-state index in [9.17, 15) is 27.9 Å². The summed E-state index contributed by atoms with van der Waals surface area (Å²) >= 11 is 6.04. The second kappa shape index (κ2) is 9.03. The van der Waals surface area contributed by atoms with E-state index in [0.717, 1.165) is 17.0 Å². The topological polar surface area (TPSA) is 89.2 Å². The number of anilines is 1. The Morgan fingerprint density at radius 3 is 2.49 bits per heavy atom. The Bertz CT molecular complexity index is 1350. The van der Waals surface area contributed by atoms with E-state index in [1.807, 2.05) is 0 Å². The van der Waals surface area contributed by atoms with Crippen LogP contribution in [-0.2, 0) is 9.59 Å². The van der Waals surface area contributed by atoms with E-state index in [0.29, 0.717) is 5.76 Å². The number of ether oxygens (including phenoxy) is 2. The number of halogens is 4. The first kappa shape index (κ1) is 24.2. The predicted octanol–water partition coefficient (Wildman–Crippen LogP) is 5.77. The van der Waals surface area contributed by atoms with Gasteiger partial charge in [0.05, 0.1) is 17.7 Å². The number of rotatable bonds is 5. The molecule has 11 heteroatoms. The number of carbonyl (C=O) groups excluding carboxylic acids is 2. The lowest BCUT2D eigenvalue weighted by molar-refractivity contribution is -0.274. The molecule has 35 heavy (non-hydrogen) atoms. The third kappa shape index (κ3) is 4.69. The molecule has 1 amide bonds. The van der Waals surface area contributed by atoms with Gasteiger partial charge >= 0.3 is 6.36 Å². The van der Waals surface area contributed by atoms with Crippen LogP contribution in [0.5, 0.6) is 11.5 Å². The Labute approximate surface area is 201 Å². The number of carbonyl (C=O) groups is 2. The van der Waals surface area contributed by atoms with E-state index >= 15 is 0 Å². The van der Waals surface area contributed by atoms with Crippen LogP contribution in [-0.4, -0.2) is 30.3 Å². The van der Waals surface area contributed by atoms with Gasteiger partial charge in [0.1, 0.15) is 34.8 Å². The Kier molecular flexibility index (Phi) is 6.25. The van der Waals surface area contributed by atoms with E-state index in [1.165, 1.54) is 43.5 Å². The SMILES string of the molecule is COc1cc(/C(O)=C2/C(=O)C(=O)N(c3cccc(OC(F)(F)F)c3)C2c2ccc(C)o2)ccc1Cl. The molecule has 1 fully saturated rings. The van der Waals surface area contributed by atoms with E-state index < -0.39 is 35.6 Å². The van der Waals surface area contributed by atoms with Crippen molar-refractivity contribution in [2.24, 2.45) is 0 Å². The van der Waals surface area contributed by atoms with Gasteiger partial charge in [-0.05, 0) is 49.4 Å². The highest BCUT2D eigenvalue weighted by molar-refractivity contribution is 6.51. The molecule has 0 radical (unpaired) electrons. The van der Waals surface area contributed by atoms with Crippen LogP contribution in [0, 0.1) is 6.92 Å². The number of ketones is 1. The van der Waals surface area contributed by atoms with Gasteiger partial charge in [-0.15, -0.1) is 13.2 Å². The van der Waals surface area contributed by atoms with E-state index in [-0.39, 0.29) is 33.4 Å². The molecule has 2 heterocycles. The number of Topliss-reactive ketones (excluding diaryl/α,β-unsaturated/α-hetero) is 1. The van der Waals surface area contributed by atoms with Crippen LogP contribution in [0.4, 0.5) is 18.9 Å². The summed E-state index contributed by atoms with van der Waals surface area (Å²) in [5, 5.41) is 11.4. The van der Waals surface area contributed by atoms with E-state index in [1.54, 1.807) is 13.0 Å². The average molecular weight is 508 g/mol. The number of nitrogens with zero attached hydrogens (tertiary/aromatic N) is 1. The van der Waals surface area contributed by atoms with Crippen molar-refractivity contribution in [3.8, 4) is 11.5 Å². The minimum Gasteiger partial charge on any atom is -0.507 e. The van der Waals surface area contributed by atoms with Crippen LogP contribution in [0.15, 0.2) is 64.6 Å². The van der Waals surface area contributed by atoms with Crippen molar-refractivity contribution in [2.45, 2.75) is 19.3 Å². The van der Waals surface area contributed by atoms with Crippen molar-refractivity contribution in [3.63, 3.8) is 0 Å². The summed E-state index contributed by atoms with van der Waals surface area (Å²) in [6.07, 6.45) is -4.96. The van der Waals surface area contributed by atoms with E-state index in [4.69, 9.17) is 20.8 Å². The molecule has 0 spiro atoms.